The van der Waals surface area contributed by atoms with Gasteiger partial charge in [-0.2, -0.15) is 0 Å². The number of benzene rings is 15. The first-order chi connectivity index (χ1) is 56.4. The number of fused-ring (bicyclic) bond motifs is 4. The van der Waals surface area contributed by atoms with Gasteiger partial charge in [0.2, 0.25) is 0 Å². The van der Waals surface area contributed by atoms with Crippen molar-refractivity contribution in [1.82, 2.24) is 0 Å². The molecule has 9 heteroatoms. The zero-order valence-corrected chi connectivity index (χ0v) is 67.4. The van der Waals surface area contributed by atoms with Crippen LogP contribution in [0.4, 0.5) is 56.9 Å². The second-order valence-electron chi connectivity index (χ2n) is 27.3. The third-order valence-electron chi connectivity index (χ3n) is 16.5. The number of para-hydroxylation sites is 3. The molecule has 0 saturated carbocycles. The van der Waals surface area contributed by atoms with Crippen LogP contribution in [-0.4, -0.2) is 34.6 Å². The molecule has 15 aromatic carbocycles. The monoisotopic (exact) mass is 1560 g/mol. The number of hydrogen-bond donors (Lipinski definition) is 5. The Morgan fingerprint density at radius 2 is 0.588 bits per heavy atom. The Balaban J connectivity index is 0.000000290. The van der Waals surface area contributed by atoms with E-state index in [2.05, 4.69) is 351 Å². The van der Waals surface area contributed by atoms with Gasteiger partial charge in [0.1, 0.15) is 0 Å². The van der Waals surface area contributed by atoms with E-state index in [4.69, 9.17) is 21.5 Å². The summed E-state index contributed by atoms with van der Waals surface area (Å²) in [5.41, 5.74) is 11.4. The van der Waals surface area contributed by atoms with E-state index in [0.29, 0.717) is 0 Å². The van der Waals surface area contributed by atoms with Crippen LogP contribution in [0.15, 0.2) is 368 Å². The first-order valence-corrected chi connectivity index (χ1v) is 52.9. The maximum Gasteiger partial charge on any atom is 0.0463 e. The van der Waals surface area contributed by atoms with Gasteiger partial charge in [-0.1, -0.05) is 207 Å². The summed E-state index contributed by atoms with van der Waals surface area (Å²) in [7, 11) is 1.29. The minimum atomic E-state index is -1.71. The Kier molecular flexibility index (Phi) is 23.6. The van der Waals surface area contributed by atoms with Crippen molar-refractivity contribution in [1.29, 1.82) is 0 Å². The van der Waals surface area contributed by atoms with Gasteiger partial charge in [0.15, 0.2) is 0 Å². The average Bonchev–Trinajstić information content (AvgIpc) is 0.777. The van der Waals surface area contributed by atoms with Crippen LogP contribution in [0.5, 0.6) is 0 Å². The van der Waals surface area contributed by atoms with Crippen LogP contribution < -0.4 is 40.6 Å². The summed E-state index contributed by atoms with van der Waals surface area (Å²) >= 11 is -0.503. The van der Waals surface area contributed by atoms with Gasteiger partial charge in [-0.3, -0.25) is 0 Å². The van der Waals surface area contributed by atoms with Crippen molar-refractivity contribution in [3.8, 4) is 0 Å². The molecule has 0 aliphatic rings. The average molecular weight is 1560 g/mol. The molecule has 0 amide bonds. The molecule has 15 rings (SSSR count). The van der Waals surface area contributed by atoms with Crippen molar-refractivity contribution >= 4 is 164 Å². The zero-order chi connectivity index (χ0) is 86.5. The predicted octanol–water partition coefficient (Wildman–Crippen LogP) is 28.1. The van der Waals surface area contributed by atoms with Crippen LogP contribution in [0.2, 0.25) is 54.2 Å². The molecule has 0 aliphatic carbocycles. The fourth-order valence-electron chi connectivity index (χ4n) is 11.0. The van der Waals surface area contributed by atoms with Gasteiger partial charge < -0.3 is 16.0 Å². The Hall–Kier alpha value is -9.88. The third kappa shape index (κ3) is 24.2. The van der Waals surface area contributed by atoms with E-state index in [-0.39, 0.29) is 34.7 Å². The molecule has 5 nitrogen and oxygen atoms in total. The van der Waals surface area contributed by atoms with Gasteiger partial charge >= 0.3 is 258 Å². The number of hydrogen-bond acceptors (Lipinski definition) is 5. The fraction of sp³-hybridized carbons (Fsp3) is 0.118. The van der Waals surface area contributed by atoms with Gasteiger partial charge in [0.05, 0.1) is 14.9 Å². The smallest absolute Gasteiger partial charge is 0.0463 e. The molecule has 0 unspecified atom stereocenters. The molecular weight excluding hydrogens is 1440 g/mol. The van der Waals surface area contributed by atoms with Gasteiger partial charge in [-0.15, -0.1) is 0 Å². The molecule has 15 aromatic rings. The Morgan fingerprint density at radius 1 is 0.304 bits per heavy atom. The first-order valence-electron chi connectivity index (χ1n) is 42.4. The summed E-state index contributed by atoms with van der Waals surface area (Å²) in [6, 6.07) is 115. The number of nitrogens with one attached hydrogen (secondary N) is 5. The van der Waals surface area contributed by atoms with Crippen LogP contribution in [-0.2, 0) is 0 Å². The zero-order valence-electron chi connectivity index (χ0n) is 75.6. The number of halogens is 1. The van der Waals surface area contributed by atoms with Gasteiger partial charge in [-0.05, 0) is 95.0 Å². The third-order valence-corrected chi connectivity index (χ3v) is 27.7. The van der Waals surface area contributed by atoms with E-state index in [1.165, 1.54) is 63.1 Å². The maximum atomic E-state index is 7.26. The van der Waals surface area contributed by atoms with Crippen molar-refractivity contribution in [3.63, 3.8) is 0 Å². The van der Waals surface area contributed by atoms with E-state index in [9.17, 15) is 0 Å². The standard InChI is InChI=1S/2C19H21GeN.C19H21NSi.C16H13N.C12H11N.C6H5Br.2CH4.4H2/c1-20(2,3)16-11-13-17(14-12-16)21-19-10-6-8-15-7-4-5-9-18(15)19;1-20(2,3)17-9-12-18(13-10-17)21-19-11-8-15-6-4-5-7-16(15)14-19;1-21(2,3)19-12-10-17(11-13-19)20-18-9-8-15-6-4-5-7-16(15)14-18;1-2-9-14(10-3-1)17-16-12-6-8-13-7-4-5-11-15(13)16;1-3-7-11(8-4-1)13-12-9-5-2-6-10-12;7-6-4-2-1-3-5-6;;;;;;/h2*4-14,21H,1-3H3;4-14,20H,1-3H3;1-12,17H;1-10,13H;1-5H;2*1H4;4*1H/i;;;;;1D,2D,3D,4D,5D;2*1D;4*1+1D. The largest absolute Gasteiger partial charge is 0.356 e. The van der Waals surface area contributed by atoms with E-state index in [1.54, 1.807) is 8.79 Å². The minimum absolute atomic E-state index is 0.105. The summed E-state index contributed by atoms with van der Waals surface area (Å²) in [6.07, 6.45) is 0. The van der Waals surface area contributed by atoms with Crippen LogP contribution in [0.1, 0.15) is 36.3 Å². The van der Waals surface area contributed by atoms with Crippen molar-refractivity contribution < 1.29 is 21.5 Å². The molecular formula is C93H108BrGe2N5Si. The molecule has 524 valence electrons. The van der Waals surface area contributed by atoms with Crippen molar-refractivity contribution in [2.75, 3.05) is 26.6 Å². The molecule has 5 N–H and O–H groups in total. The van der Waals surface area contributed by atoms with Crippen LogP contribution in [0, 0.1) is 0 Å². The summed E-state index contributed by atoms with van der Waals surface area (Å²) < 4.78 is 90.8. The molecule has 102 heavy (non-hydrogen) atoms. The first kappa shape index (κ1) is 63.1. The van der Waals surface area contributed by atoms with Crippen molar-refractivity contribution in [3.05, 3.63) is 368 Å². The van der Waals surface area contributed by atoms with Gasteiger partial charge in [0.25, 0.3) is 0 Å². The second-order valence-corrected chi connectivity index (χ2v) is 54.5. The normalized spacial score (nSPS) is 11.8. The predicted molar refractivity (Wildman–Crippen MR) is 476 cm³/mol. The van der Waals surface area contributed by atoms with Crippen LogP contribution in [0.3, 0.4) is 0 Å². The van der Waals surface area contributed by atoms with E-state index in [0.717, 1.165) is 56.9 Å². The molecule has 0 radical (unpaired) electrons. The van der Waals surface area contributed by atoms with Gasteiger partial charge in [-0.25, -0.2) is 0 Å². The van der Waals surface area contributed by atoms with Crippen molar-refractivity contribution in [2.45, 2.75) is 69.0 Å². The molecule has 0 heterocycles. The molecule has 0 saturated heterocycles. The molecule has 0 bridgehead atoms. The second kappa shape index (κ2) is 38.2. The molecule has 0 fully saturated rings. The van der Waals surface area contributed by atoms with Crippen LogP contribution in [0.25, 0.3) is 43.1 Å². The van der Waals surface area contributed by atoms with Gasteiger partial charge in [0, 0.05) is 58.6 Å². The quantitative estimate of drug-likeness (QED) is 0.0745. The Morgan fingerprint density at radius 3 is 0.961 bits per heavy atom. The summed E-state index contributed by atoms with van der Waals surface area (Å²) in [5, 5.41) is 28.9. The van der Waals surface area contributed by atoms with E-state index < -0.39 is 34.6 Å². The van der Waals surface area contributed by atoms with Crippen LogP contribution >= 0.6 is 15.9 Å². The summed E-state index contributed by atoms with van der Waals surface area (Å²) in [6.45, 7) is 7.12. The maximum absolute atomic E-state index is 7.26. The Labute approximate surface area is 645 Å². The molecule has 0 aliphatic heterocycles. The Bertz CT molecular complexity index is 5030. The molecule has 0 spiro atoms. The molecule has 0 atom stereocenters. The topological polar surface area (TPSA) is 60.1 Å². The van der Waals surface area contributed by atoms with E-state index >= 15 is 0 Å². The number of anilines is 10. The van der Waals surface area contributed by atoms with E-state index in [1.807, 2.05) is 78.9 Å². The fourth-order valence-corrected chi connectivity index (χ4v) is 17.2. The summed E-state index contributed by atoms with van der Waals surface area (Å²) in [4.78, 5) is 0. The SMILES string of the molecule is C[Si](C)(C)c1ccc(Nc2ccc3ccccc3c2)cc1.[2H]C.[2H]C.[2H][2H].[2H][2H].[2H][2H].[2H][2H].[2H]c1c([2H])c([2H])c(Br)c([2H])c1[2H].[CH3][Ge]([CH3])([CH3])[c]1ccc(Nc2ccc3ccccc3c2)cc1.[CH3][Ge]([CH3])([CH3])[c]1ccc(Nc2cccc3ccccc23)cc1.c1ccc(Nc2cccc3ccccc23)cc1.c1ccc(Nc2ccccc2)cc1. The summed E-state index contributed by atoms with van der Waals surface area (Å²) in [5.74, 6) is 14.5. The molecule has 0 aromatic heterocycles. The number of rotatable bonds is 13. The minimum Gasteiger partial charge on any atom is -0.356 e. The van der Waals surface area contributed by atoms with Crippen molar-refractivity contribution in [2.24, 2.45) is 0 Å².